The van der Waals surface area contributed by atoms with Crippen LogP contribution < -0.4 is 0 Å². The van der Waals surface area contributed by atoms with Gasteiger partial charge in [-0.15, -0.1) is 0 Å². The zero-order valence-electron chi connectivity index (χ0n) is 14.5. The predicted octanol–water partition coefficient (Wildman–Crippen LogP) is 3.83. The zero-order valence-corrected chi connectivity index (χ0v) is 14.5. The maximum atomic E-state index is 12.7. The van der Waals surface area contributed by atoms with E-state index in [1.165, 1.54) is 0 Å². The van der Waals surface area contributed by atoms with E-state index in [2.05, 4.69) is 27.7 Å². The smallest absolute Gasteiger partial charge is 0.223 e. The summed E-state index contributed by atoms with van der Waals surface area (Å²) in [5, 5.41) is 0. The van der Waals surface area contributed by atoms with E-state index in [9.17, 15) is 4.79 Å². The Morgan fingerprint density at radius 2 is 2.18 bits per heavy atom. The number of nitrogens with zero attached hydrogens (tertiary/aromatic N) is 1. The molecule has 2 atom stereocenters. The number of amides is 1. The lowest BCUT2D eigenvalue weighted by atomic mass is 9.88. The van der Waals surface area contributed by atoms with E-state index in [1.54, 1.807) is 6.26 Å². The molecule has 0 aliphatic carbocycles. The first-order valence-corrected chi connectivity index (χ1v) is 8.23. The topological polar surface area (TPSA) is 42.7 Å². The van der Waals surface area contributed by atoms with E-state index in [-0.39, 0.29) is 23.5 Å². The van der Waals surface area contributed by atoms with Crippen molar-refractivity contribution in [2.75, 3.05) is 13.7 Å². The van der Waals surface area contributed by atoms with Gasteiger partial charge in [-0.25, -0.2) is 0 Å². The van der Waals surface area contributed by atoms with Crippen LogP contribution in [0.2, 0.25) is 0 Å². The molecule has 124 valence electrons. The normalized spacial score (nSPS) is 22.5. The molecule has 22 heavy (non-hydrogen) atoms. The monoisotopic (exact) mass is 307 g/mol. The van der Waals surface area contributed by atoms with Gasteiger partial charge in [-0.05, 0) is 44.7 Å². The Bertz CT molecular complexity index is 479. The van der Waals surface area contributed by atoms with Crippen LogP contribution in [-0.2, 0) is 9.53 Å². The summed E-state index contributed by atoms with van der Waals surface area (Å²) in [5.74, 6) is 1.61. The Morgan fingerprint density at radius 3 is 2.73 bits per heavy atom. The minimum atomic E-state index is -0.143. The van der Waals surface area contributed by atoms with Crippen LogP contribution in [0.5, 0.6) is 0 Å². The second-order valence-corrected chi connectivity index (χ2v) is 7.33. The van der Waals surface area contributed by atoms with Crippen molar-refractivity contribution in [3.63, 3.8) is 0 Å². The summed E-state index contributed by atoms with van der Waals surface area (Å²) in [5.41, 5.74) is -0.143. The second-order valence-electron chi connectivity index (χ2n) is 7.33. The number of ether oxygens (including phenoxy) is 1. The molecule has 2 rings (SSSR count). The molecule has 0 spiro atoms. The van der Waals surface area contributed by atoms with Gasteiger partial charge < -0.3 is 14.1 Å². The van der Waals surface area contributed by atoms with Crippen LogP contribution >= 0.6 is 0 Å². The molecule has 0 bridgehead atoms. The molecular weight excluding hydrogens is 278 g/mol. The summed E-state index contributed by atoms with van der Waals surface area (Å²) in [6.45, 7) is 9.19. The molecule has 0 unspecified atom stereocenters. The molecule has 0 aromatic carbocycles. The van der Waals surface area contributed by atoms with Crippen molar-refractivity contribution >= 4 is 5.91 Å². The van der Waals surface area contributed by atoms with E-state index in [4.69, 9.17) is 9.15 Å². The van der Waals surface area contributed by atoms with Crippen molar-refractivity contribution in [2.24, 2.45) is 5.92 Å². The minimum absolute atomic E-state index is 0.137. The number of hydrogen-bond acceptors (Lipinski definition) is 3. The summed E-state index contributed by atoms with van der Waals surface area (Å²) in [7, 11) is 1.92. The molecule has 2 heterocycles. The highest BCUT2D eigenvalue weighted by molar-refractivity contribution is 5.77. The molecule has 1 aromatic heterocycles. The number of furan rings is 1. The molecule has 0 saturated carbocycles. The van der Waals surface area contributed by atoms with E-state index < -0.39 is 0 Å². The van der Waals surface area contributed by atoms with Gasteiger partial charge in [0.2, 0.25) is 5.91 Å². The van der Waals surface area contributed by atoms with Crippen LogP contribution in [0.25, 0.3) is 0 Å². The maximum absolute atomic E-state index is 12.7. The van der Waals surface area contributed by atoms with Crippen molar-refractivity contribution < 1.29 is 13.9 Å². The summed E-state index contributed by atoms with van der Waals surface area (Å²) in [6.07, 6.45) is 3.99. The zero-order chi connectivity index (χ0) is 16.3. The Hall–Kier alpha value is -1.29. The quantitative estimate of drug-likeness (QED) is 0.830. The van der Waals surface area contributed by atoms with Gasteiger partial charge in [-0.1, -0.05) is 13.8 Å². The molecule has 1 aromatic rings. The summed E-state index contributed by atoms with van der Waals surface area (Å²) < 4.78 is 11.3. The number of carbonyl (C=O) groups excluding carboxylic acids is 1. The Morgan fingerprint density at radius 1 is 1.45 bits per heavy atom. The number of carbonyl (C=O) groups is 1. The number of hydrogen-bond donors (Lipinski definition) is 0. The van der Waals surface area contributed by atoms with Crippen LogP contribution in [-0.4, -0.2) is 36.1 Å². The van der Waals surface area contributed by atoms with Gasteiger partial charge in [0.1, 0.15) is 5.76 Å². The Labute approximate surface area is 133 Å². The van der Waals surface area contributed by atoms with Crippen molar-refractivity contribution in [3.8, 4) is 0 Å². The third kappa shape index (κ3) is 4.13. The molecule has 0 N–H and O–H groups in total. The van der Waals surface area contributed by atoms with Crippen molar-refractivity contribution in [3.05, 3.63) is 24.2 Å². The van der Waals surface area contributed by atoms with E-state index in [0.29, 0.717) is 12.3 Å². The highest BCUT2D eigenvalue weighted by Crippen LogP contribution is 2.31. The van der Waals surface area contributed by atoms with Gasteiger partial charge in [0.05, 0.1) is 11.9 Å². The molecule has 1 saturated heterocycles. The first-order valence-electron chi connectivity index (χ1n) is 8.23. The molecule has 1 fully saturated rings. The molecule has 0 radical (unpaired) electrons. The average Bonchev–Trinajstić information content (AvgIpc) is 2.96. The highest BCUT2D eigenvalue weighted by Gasteiger charge is 2.33. The fourth-order valence-electron chi connectivity index (χ4n) is 3.23. The van der Waals surface area contributed by atoms with Gasteiger partial charge in [-0.2, -0.15) is 0 Å². The van der Waals surface area contributed by atoms with Crippen LogP contribution in [0.15, 0.2) is 22.8 Å². The predicted molar refractivity (Wildman–Crippen MR) is 86.7 cm³/mol. The first kappa shape index (κ1) is 17.1. The van der Waals surface area contributed by atoms with Gasteiger partial charge in [0, 0.05) is 32.0 Å². The lowest BCUT2D eigenvalue weighted by molar-refractivity contribution is -0.138. The third-order valence-corrected chi connectivity index (χ3v) is 4.72. The second kappa shape index (κ2) is 6.86. The number of rotatable bonds is 5. The van der Waals surface area contributed by atoms with E-state index in [0.717, 1.165) is 25.2 Å². The van der Waals surface area contributed by atoms with Crippen molar-refractivity contribution in [1.82, 2.24) is 4.90 Å². The SMILES string of the molecule is CC(C)[C@H](CC(=O)N(C)[C@@H]1CCOC(C)(C)C1)c1ccco1. The molecular formula is C18H29NO3. The van der Waals surface area contributed by atoms with Crippen molar-refractivity contribution in [1.29, 1.82) is 0 Å². The molecule has 4 heteroatoms. The van der Waals surface area contributed by atoms with Gasteiger partial charge in [-0.3, -0.25) is 4.79 Å². The summed E-state index contributed by atoms with van der Waals surface area (Å²) in [6, 6.07) is 4.12. The molecule has 1 amide bonds. The maximum Gasteiger partial charge on any atom is 0.223 e. The van der Waals surface area contributed by atoms with Crippen LogP contribution in [0.3, 0.4) is 0 Å². The third-order valence-electron chi connectivity index (χ3n) is 4.72. The fourth-order valence-corrected chi connectivity index (χ4v) is 3.23. The molecule has 1 aliphatic heterocycles. The molecule has 1 aliphatic rings. The van der Waals surface area contributed by atoms with Crippen LogP contribution in [0.1, 0.15) is 58.6 Å². The van der Waals surface area contributed by atoms with E-state index in [1.807, 2.05) is 24.1 Å². The largest absolute Gasteiger partial charge is 0.469 e. The Kier molecular flexibility index (Phi) is 5.32. The highest BCUT2D eigenvalue weighted by atomic mass is 16.5. The molecule has 4 nitrogen and oxygen atoms in total. The van der Waals surface area contributed by atoms with Gasteiger partial charge in [0.25, 0.3) is 0 Å². The standard InChI is InChI=1S/C18H29NO3/c1-13(2)15(16-7-6-9-21-16)11-17(20)19(5)14-8-10-22-18(3,4)12-14/h6-7,9,13-15H,8,10-12H2,1-5H3/t14-,15+/m1/s1. The average molecular weight is 307 g/mol. The fraction of sp³-hybridized carbons (Fsp3) is 0.722. The Balaban J connectivity index is 2.01. The van der Waals surface area contributed by atoms with Crippen LogP contribution in [0, 0.1) is 5.92 Å². The lowest BCUT2D eigenvalue weighted by Crippen LogP contribution is -2.47. The minimum Gasteiger partial charge on any atom is -0.469 e. The summed E-state index contributed by atoms with van der Waals surface area (Å²) >= 11 is 0. The first-order chi connectivity index (χ1) is 10.3. The van der Waals surface area contributed by atoms with Gasteiger partial charge in [0.15, 0.2) is 0 Å². The lowest BCUT2D eigenvalue weighted by Gasteiger charge is -2.40. The van der Waals surface area contributed by atoms with Crippen molar-refractivity contribution in [2.45, 2.75) is 64.5 Å². The summed E-state index contributed by atoms with van der Waals surface area (Å²) in [4.78, 5) is 14.6. The van der Waals surface area contributed by atoms with Gasteiger partial charge >= 0.3 is 0 Å². The van der Waals surface area contributed by atoms with E-state index >= 15 is 0 Å². The van der Waals surface area contributed by atoms with Crippen LogP contribution in [0.4, 0.5) is 0 Å².